The Labute approximate surface area is 126 Å². The van der Waals surface area contributed by atoms with Crippen LogP contribution in [0.3, 0.4) is 0 Å². The minimum atomic E-state index is 0.0160. The molecule has 0 atom stereocenters. The van der Waals surface area contributed by atoms with Crippen molar-refractivity contribution in [3.63, 3.8) is 0 Å². The molecule has 2 aromatic carbocycles. The molecule has 0 saturated carbocycles. The zero-order valence-corrected chi connectivity index (χ0v) is 12.1. The zero-order chi connectivity index (χ0) is 14.4. The van der Waals surface area contributed by atoms with Crippen molar-refractivity contribution in [2.24, 2.45) is 0 Å². The predicted octanol–water partition coefficient (Wildman–Crippen LogP) is 4.13. The number of ketones is 1. The number of nitrogens with two attached hydrogens (primary N) is 1. The quantitative estimate of drug-likeness (QED) is 0.564. The molecule has 0 saturated heterocycles. The Hall–Kier alpha value is -2.39. The molecule has 1 aromatic heterocycles. The Morgan fingerprint density at radius 1 is 1.00 bits per heavy atom. The summed E-state index contributed by atoms with van der Waals surface area (Å²) in [6, 6.07) is 17.6. The molecule has 0 unspecified atom stereocenters. The van der Waals surface area contributed by atoms with Gasteiger partial charge in [-0.15, -0.1) is 11.3 Å². The van der Waals surface area contributed by atoms with E-state index in [1.54, 1.807) is 0 Å². The van der Waals surface area contributed by atoms with Crippen LogP contribution < -0.4 is 5.73 Å². The normalized spacial score (nSPS) is 12.0. The summed E-state index contributed by atoms with van der Waals surface area (Å²) in [5.74, 6) is 0.0160. The molecule has 0 spiro atoms. The van der Waals surface area contributed by atoms with Gasteiger partial charge in [0.1, 0.15) is 0 Å². The van der Waals surface area contributed by atoms with Crippen molar-refractivity contribution in [2.45, 2.75) is 6.42 Å². The lowest BCUT2D eigenvalue weighted by molar-refractivity contribution is 0.104. The van der Waals surface area contributed by atoms with E-state index in [0.717, 1.165) is 17.5 Å². The van der Waals surface area contributed by atoms with Gasteiger partial charge in [-0.05, 0) is 11.1 Å². The van der Waals surface area contributed by atoms with Crippen LogP contribution in [-0.4, -0.2) is 5.78 Å². The fourth-order valence-electron chi connectivity index (χ4n) is 2.96. The van der Waals surface area contributed by atoms with Crippen LogP contribution in [0.5, 0.6) is 0 Å². The van der Waals surface area contributed by atoms with Crippen molar-refractivity contribution < 1.29 is 4.79 Å². The number of fused-ring (bicyclic) bond motifs is 3. The number of carbonyl (C=O) groups is 1. The van der Waals surface area contributed by atoms with Crippen LogP contribution in [0.1, 0.15) is 26.4 Å². The molecule has 102 valence electrons. The summed E-state index contributed by atoms with van der Waals surface area (Å²) in [6.45, 7) is 0. The van der Waals surface area contributed by atoms with E-state index >= 15 is 0 Å². The van der Waals surface area contributed by atoms with Crippen LogP contribution in [0.15, 0.2) is 54.6 Å². The van der Waals surface area contributed by atoms with E-state index in [1.165, 1.54) is 21.8 Å². The summed E-state index contributed by atoms with van der Waals surface area (Å²) in [4.78, 5) is 14.0. The number of benzene rings is 2. The SMILES string of the molecule is Nc1sc2c(c1C(=O)c1ccccc1)-c1ccccc1C2. The average molecular weight is 291 g/mol. The second kappa shape index (κ2) is 4.57. The maximum atomic E-state index is 12.8. The van der Waals surface area contributed by atoms with Crippen LogP contribution in [0.4, 0.5) is 5.00 Å². The highest BCUT2D eigenvalue weighted by molar-refractivity contribution is 7.17. The molecular weight excluding hydrogens is 278 g/mol. The second-order valence-electron chi connectivity index (χ2n) is 5.17. The van der Waals surface area contributed by atoms with E-state index in [-0.39, 0.29) is 5.78 Å². The van der Waals surface area contributed by atoms with Crippen LogP contribution >= 0.6 is 11.3 Å². The summed E-state index contributed by atoms with van der Waals surface area (Å²) >= 11 is 1.54. The first kappa shape index (κ1) is 12.4. The van der Waals surface area contributed by atoms with Gasteiger partial charge in [-0.25, -0.2) is 0 Å². The molecule has 0 bridgehead atoms. The van der Waals surface area contributed by atoms with E-state index in [9.17, 15) is 4.79 Å². The third kappa shape index (κ3) is 1.82. The second-order valence-corrected chi connectivity index (χ2v) is 6.31. The standard InChI is InChI=1S/C18H13NOS/c19-18-16(17(20)11-6-2-1-3-7-11)15-13-9-5-4-8-12(13)10-14(15)21-18/h1-9H,10,19H2. The highest BCUT2D eigenvalue weighted by Crippen LogP contribution is 2.46. The summed E-state index contributed by atoms with van der Waals surface area (Å²) in [6.07, 6.45) is 0.877. The van der Waals surface area contributed by atoms with Gasteiger partial charge in [-0.2, -0.15) is 0 Å². The molecule has 0 amide bonds. The molecule has 4 rings (SSSR count). The fourth-order valence-corrected chi connectivity index (χ4v) is 4.06. The zero-order valence-electron chi connectivity index (χ0n) is 11.3. The molecule has 3 aromatic rings. The summed E-state index contributed by atoms with van der Waals surface area (Å²) < 4.78 is 0. The van der Waals surface area contributed by atoms with Crippen LogP contribution in [0.25, 0.3) is 11.1 Å². The first-order chi connectivity index (χ1) is 10.3. The lowest BCUT2D eigenvalue weighted by atomic mass is 9.97. The van der Waals surface area contributed by atoms with Gasteiger partial charge in [0.15, 0.2) is 5.78 Å². The summed E-state index contributed by atoms with van der Waals surface area (Å²) in [7, 11) is 0. The lowest BCUT2D eigenvalue weighted by Crippen LogP contribution is -2.04. The molecule has 21 heavy (non-hydrogen) atoms. The van der Waals surface area contributed by atoms with Crippen molar-refractivity contribution in [2.75, 3.05) is 5.73 Å². The molecule has 2 nitrogen and oxygen atoms in total. The Morgan fingerprint density at radius 2 is 1.71 bits per heavy atom. The average Bonchev–Trinajstić information content (AvgIpc) is 3.02. The molecule has 0 aliphatic heterocycles. The van der Waals surface area contributed by atoms with Crippen molar-refractivity contribution in [1.82, 2.24) is 0 Å². The number of carbonyl (C=O) groups excluding carboxylic acids is 1. The van der Waals surface area contributed by atoms with E-state index < -0.39 is 0 Å². The first-order valence-corrected chi connectivity index (χ1v) is 7.66. The Balaban J connectivity index is 1.92. The third-order valence-electron chi connectivity index (χ3n) is 3.91. The highest BCUT2D eigenvalue weighted by atomic mass is 32.1. The van der Waals surface area contributed by atoms with Gasteiger partial charge in [0.05, 0.1) is 10.6 Å². The van der Waals surface area contributed by atoms with E-state index in [0.29, 0.717) is 16.1 Å². The van der Waals surface area contributed by atoms with Crippen molar-refractivity contribution in [3.8, 4) is 11.1 Å². The maximum absolute atomic E-state index is 12.8. The van der Waals surface area contributed by atoms with Gasteiger partial charge in [0, 0.05) is 22.4 Å². The Morgan fingerprint density at radius 3 is 2.52 bits per heavy atom. The van der Waals surface area contributed by atoms with E-state index in [2.05, 4.69) is 12.1 Å². The molecule has 2 N–H and O–H groups in total. The van der Waals surface area contributed by atoms with Gasteiger partial charge in [0.25, 0.3) is 0 Å². The minimum Gasteiger partial charge on any atom is -0.390 e. The number of hydrogen-bond acceptors (Lipinski definition) is 3. The smallest absolute Gasteiger partial charge is 0.196 e. The number of thiophene rings is 1. The van der Waals surface area contributed by atoms with Crippen molar-refractivity contribution >= 4 is 22.1 Å². The van der Waals surface area contributed by atoms with E-state index in [4.69, 9.17) is 5.73 Å². The largest absolute Gasteiger partial charge is 0.390 e. The molecule has 0 fully saturated rings. The first-order valence-electron chi connectivity index (χ1n) is 6.85. The molecular formula is C18H13NOS. The number of anilines is 1. The molecule has 0 radical (unpaired) electrons. The number of rotatable bonds is 2. The number of hydrogen-bond donors (Lipinski definition) is 1. The Kier molecular flexibility index (Phi) is 2.69. The summed E-state index contributed by atoms with van der Waals surface area (Å²) in [5, 5.41) is 0.628. The highest BCUT2D eigenvalue weighted by Gasteiger charge is 2.29. The molecule has 1 heterocycles. The third-order valence-corrected chi connectivity index (χ3v) is 4.93. The predicted molar refractivity (Wildman–Crippen MR) is 86.8 cm³/mol. The topological polar surface area (TPSA) is 43.1 Å². The van der Waals surface area contributed by atoms with Gasteiger partial charge in [-0.3, -0.25) is 4.79 Å². The fraction of sp³-hybridized carbons (Fsp3) is 0.0556. The Bertz CT molecular complexity index is 849. The molecule has 3 heteroatoms. The van der Waals surface area contributed by atoms with Gasteiger partial charge < -0.3 is 5.73 Å². The lowest BCUT2D eigenvalue weighted by Gasteiger charge is -2.05. The number of nitrogen functional groups attached to an aromatic ring is 1. The molecule has 1 aliphatic carbocycles. The summed E-state index contributed by atoms with van der Waals surface area (Å²) in [5.41, 5.74) is 11.0. The molecule has 1 aliphatic rings. The van der Waals surface area contributed by atoms with Crippen molar-refractivity contribution in [3.05, 3.63) is 76.2 Å². The monoisotopic (exact) mass is 291 g/mol. The van der Waals surface area contributed by atoms with Gasteiger partial charge >= 0.3 is 0 Å². The minimum absolute atomic E-state index is 0.0160. The van der Waals surface area contributed by atoms with Crippen LogP contribution in [-0.2, 0) is 6.42 Å². The van der Waals surface area contributed by atoms with Gasteiger partial charge in [0.2, 0.25) is 0 Å². The van der Waals surface area contributed by atoms with Gasteiger partial charge in [-0.1, -0.05) is 54.6 Å². The maximum Gasteiger partial charge on any atom is 0.196 e. The van der Waals surface area contributed by atoms with Crippen LogP contribution in [0.2, 0.25) is 0 Å². The van der Waals surface area contributed by atoms with Crippen LogP contribution in [0, 0.1) is 0 Å². The van der Waals surface area contributed by atoms with E-state index in [1.807, 2.05) is 42.5 Å². The van der Waals surface area contributed by atoms with Crippen molar-refractivity contribution in [1.29, 1.82) is 0 Å².